The minimum Gasteiger partial charge on any atom is -0.496 e. The number of methoxy groups -OCH3 is 1. The lowest BCUT2D eigenvalue weighted by atomic mass is 10.2. The summed E-state index contributed by atoms with van der Waals surface area (Å²) in [6.45, 7) is 1.87. The number of rotatable bonds is 6. The average molecular weight is 360 g/mol. The average Bonchev–Trinajstić information content (AvgIpc) is 2.57. The third-order valence-electron chi connectivity index (χ3n) is 3.32. The zero-order valence-corrected chi connectivity index (χ0v) is 14.6. The Bertz CT molecular complexity index is 806. The van der Waals surface area contributed by atoms with Crippen molar-refractivity contribution in [2.45, 2.75) is 13.3 Å². The van der Waals surface area contributed by atoms with Gasteiger partial charge < -0.3 is 10.1 Å². The van der Waals surface area contributed by atoms with Gasteiger partial charge in [0.25, 0.3) is 0 Å². The number of benzene rings is 2. The van der Waals surface area contributed by atoms with Gasteiger partial charge in [-0.1, -0.05) is 29.8 Å². The van der Waals surface area contributed by atoms with Crippen LogP contribution in [0.3, 0.4) is 0 Å². The summed E-state index contributed by atoms with van der Waals surface area (Å²) in [5.41, 5.74) is 4.51. The van der Waals surface area contributed by atoms with Crippen molar-refractivity contribution in [2.75, 3.05) is 12.4 Å². The van der Waals surface area contributed by atoms with Crippen molar-refractivity contribution < 1.29 is 14.3 Å². The highest BCUT2D eigenvalue weighted by Crippen LogP contribution is 2.20. The molecule has 0 radical (unpaired) electrons. The topological polar surface area (TPSA) is 79.8 Å². The van der Waals surface area contributed by atoms with Crippen molar-refractivity contribution >= 4 is 35.3 Å². The number of ether oxygens (including phenoxy) is 1. The Balaban J connectivity index is 1.89. The molecule has 0 aromatic heterocycles. The van der Waals surface area contributed by atoms with Crippen LogP contribution in [0.1, 0.15) is 17.5 Å². The van der Waals surface area contributed by atoms with E-state index in [2.05, 4.69) is 15.8 Å². The van der Waals surface area contributed by atoms with Crippen LogP contribution in [-0.4, -0.2) is 25.1 Å². The van der Waals surface area contributed by atoms with Crippen molar-refractivity contribution in [1.82, 2.24) is 5.43 Å². The van der Waals surface area contributed by atoms with Crippen molar-refractivity contribution in [2.24, 2.45) is 5.10 Å². The molecule has 0 saturated carbocycles. The molecule has 2 N–H and O–H groups in total. The smallest absolute Gasteiger partial charge is 0.249 e. The number of carbonyl (C=O) groups excluding carboxylic acids is 2. The molecule has 0 saturated heterocycles. The summed E-state index contributed by atoms with van der Waals surface area (Å²) in [5.74, 6) is -0.370. The molecule has 7 heteroatoms. The quantitative estimate of drug-likeness (QED) is 0.472. The molecular formula is C18H18ClN3O3. The van der Waals surface area contributed by atoms with Crippen LogP contribution >= 0.6 is 11.6 Å². The van der Waals surface area contributed by atoms with Gasteiger partial charge >= 0.3 is 0 Å². The van der Waals surface area contributed by atoms with Crippen molar-refractivity contribution in [3.05, 3.63) is 58.6 Å². The number of hydrogen-bond acceptors (Lipinski definition) is 4. The maximum absolute atomic E-state index is 11.9. The van der Waals surface area contributed by atoms with Gasteiger partial charge in [0, 0.05) is 16.3 Å². The predicted octanol–water partition coefficient (Wildman–Crippen LogP) is 3.14. The lowest BCUT2D eigenvalue weighted by Crippen LogP contribution is -2.24. The van der Waals surface area contributed by atoms with Gasteiger partial charge in [-0.05, 0) is 36.8 Å². The summed E-state index contributed by atoms with van der Waals surface area (Å²) in [7, 11) is 1.52. The minimum absolute atomic E-state index is 0.335. The number of carbonyl (C=O) groups is 2. The molecular weight excluding hydrogens is 342 g/mol. The Morgan fingerprint density at radius 3 is 2.68 bits per heavy atom. The van der Waals surface area contributed by atoms with E-state index < -0.39 is 11.8 Å². The van der Waals surface area contributed by atoms with Gasteiger partial charge in [0.1, 0.15) is 12.2 Å². The second-order valence-electron chi connectivity index (χ2n) is 5.22. The zero-order valence-electron chi connectivity index (χ0n) is 13.9. The molecule has 0 fully saturated rings. The molecule has 0 atom stereocenters. The first kappa shape index (κ1) is 18.5. The van der Waals surface area contributed by atoms with E-state index in [-0.39, 0.29) is 6.42 Å². The molecule has 2 amide bonds. The molecule has 0 aliphatic carbocycles. The molecule has 0 heterocycles. The van der Waals surface area contributed by atoms with E-state index in [4.69, 9.17) is 16.3 Å². The van der Waals surface area contributed by atoms with Gasteiger partial charge in [0.15, 0.2) is 0 Å². The Morgan fingerprint density at radius 2 is 1.96 bits per heavy atom. The highest BCUT2D eigenvalue weighted by molar-refractivity contribution is 6.30. The number of aryl methyl sites for hydroxylation is 1. The standard InChI is InChI=1S/C18H18ClN3O3/c1-12-5-3-4-6-15(12)21-17(23)10-18(24)22-20-11-13-9-14(19)7-8-16(13)25-2/h3-9,11H,10H2,1-2H3,(H,21,23)(H,22,24). The van der Waals surface area contributed by atoms with Crippen LogP contribution < -0.4 is 15.5 Å². The monoisotopic (exact) mass is 359 g/mol. The van der Waals surface area contributed by atoms with Crippen LogP contribution in [-0.2, 0) is 9.59 Å². The Kier molecular flexibility index (Phi) is 6.54. The van der Waals surface area contributed by atoms with E-state index in [1.807, 2.05) is 25.1 Å². The van der Waals surface area contributed by atoms with Crippen molar-refractivity contribution in [3.8, 4) is 5.75 Å². The van der Waals surface area contributed by atoms with E-state index in [0.717, 1.165) is 5.56 Å². The van der Waals surface area contributed by atoms with Gasteiger partial charge in [-0.25, -0.2) is 5.43 Å². The van der Waals surface area contributed by atoms with Crippen molar-refractivity contribution in [1.29, 1.82) is 0 Å². The summed E-state index contributed by atoms with van der Waals surface area (Å²) in [6.07, 6.45) is 1.07. The molecule has 25 heavy (non-hydrogen) atoms. The van der Waals surface area contributed by atoms with E-state index >= 15 is 0 Å². The van der Waals surface area contributed by atoms with E-state index in [0.29, 0.717) is 22.0 Å². The molecule has 2 aromatic carbocycles. The molecule has 0 aliphatic heterocycles. The maximum atomic E-state index is 11.9. The summed E-state index contributed by atoms with van der Waals surface area (Å²) in [4.78, 5) is 23.7. The molecule has 0 unspecified atom stereocenters. The largest absolute Gasteiger partial charge is 0.496 e. The highest BCUT2D eigenvalue weighted by atomic mass is 35.5. The first-order chi connectivity index (χ1) is 12.0. The number of para-hydroxylation sites is 1. The number of nitrogens with zero attached hydrogens (tertiary/aromatic N) is 1. The fourth-order valence-electron chi connectivity index (χ4n) is 2.07. The van der Waals surface area contributed by atoms with Gasteiger partial charge in [0.2, 0.25) is 11.8 Å². The SMILES string of the molecule is COc1ccc(Cl)cc1C=NNC(=O)CC(=O)Nc1ccccc1C. The van der Waals surface area contributed by atoms with Gasteiger partial charge in [0.05, 0.1) is 13.3 Å². The molecule has 0 spiro atoms. The molecule has 130 valence electrons. The maximum Gasteiger partial charge on any atom is 0.249 e. The third-order valence-corrected chi connectivity index (χ3v) is 3.56. The lowest BCUT2D eigenvalue weighted by molar-refractivity contribution is -0.126. The van der Waals surface area contributed by atoms with Gasteiger partial charge in [-0.2, -0.15) is 5.10 Å². The second-order valence-corrected chi connectivity index (χ2v) is 5.66. The normalized spacial score (nSPS) is 10.5. The first-order valence-corrected chi connectivity index (χ1v) is 7.88. The minimum atomic E-state index is -0.525. The molecule has 0 bridgehead atoms. The summed E-state index contributed by atoms with van der Waals surface area (Å²) in [5, 5.41) is 7.03. The lowest BCUT2D eigenvalue weighted by Gasteiger charge is -2.07. The number of hydrazone groups is 1. The molecule has 6 nitrogen and oxygen atoms in total. The van der Waals surface area contributed by atoms with Crippen LogP contribution in [0.4, 0.5) is 5.69 Å². The Hall–Kier alpha value is -2.86. The number of nitrogens with one attached hydrogen (secondary N) is 2. The molecule has 2 rings (SSSR count). The summed E-state index contributed by atoms with van der Waals surface area (Å²) in [6, 6.07) is 12.4. The highest BCUT2D eigenvalue weighted by Gasteiger charge is 2.10. The van der Waals surface area contributed by atoms with E-state index in [1.54, 1.807) is 24.3 Å². The van der Waals surface area contributed by atoms with Gasteiger partial charge in [-0.3, -0.25) is 9.59 Å². The van der Waals surface area contributed by atoms with Gasteiger partial charge in [-0.15, -0.1) is 0 Å². The summed E-state index contributed by atoms with van der Waals surface area (Å²) >= 11 is 5.92. The van der Waals surface area contributed by atoms with Crippen LogP contribution in [0, 0.1) is 6.92 Å². The van der Waals surface area contributed by atoms with Crippen molar-refractivity contribution in [3.63, 3.8) is 0 Å². The van der Waals surface area contributed by atoms with E-state index in [9.17, 15) is 9.59 Å². The fraction of sp³-hybridized carbons (Fsp3) is 0.167. The number of anilines is 1. The predicted molar refractivity (Wildman–Crippen MR) is 98.2 cm³/mol. The van der Waals surface area contributed by atoms with Crippen LogP contribution in [0.15, 0.2) is 47.6 Å². The van der Waals surface area contributed by atoms with Crippen LogP contribution in [0.2, 0.25) is 5.02 Å². The Labute approximate surface area is 150 Å². The van der Waals surface area contributed by atoms with E-state index in [1.165, 1.54) is 13.3 Å². The fourth-order valence-corrected chi connectivity index (χ4v) is 2.25. The Morgan fingerprint density at radius 1 is 1.20 bits per heavy atom. The number of hydrogen-bond donors (Lipinski definition) is 2. The van der Waals surface area contributed by atoms with Crippen LogP contribution in [0.5, 0.6) is 5.75 Å². The molecule has 0 aliphatic rings. The van der Waals surface area contributed by atoms with Crippen LogP contribution in [0.25, 0.3) is 0 Å². The second kappa shape index (κ2) is 8.84. The number of halogens is 1. The number of amides is 2. The zero-order chi connectivity index (χ0) is 18.2. The first-order valence-electron chi connectivity index (χ1n) is 7.50. The third kappa shape index (κ3) is 5.61. The summed E-state index contributed by atoms with van der Waals surface area (Å²) < 4.78 is 5.17. The molecule has 2 aromatic rings.